The highest BCUT2D eigenvalue weighted by Gasteiger charge is 2.20. The molecular weight excluding hydrogens is 437 g/mol. The smallest absolute Gasteiger partial charge is 0.203 e. The van der Waals surface area contributed by atoms with Crippen LogP contribution in [0.3, 0.4) is 0 Å². The van der Waals surface area contributed by atoms with Crippen molar-refractivity contribution >= 4 is 39.2 Å². The minimum Gasteiger partial charge on any atom is -0.409 e. The van der Waals surface area contributed by atoms with E-state index in [0.717, 1.165) is 5.70 Å². The van der Waals surface area contributed by atoms with E-state index in [1.54, 1.807) is 24.1 Å². The molecule has 0 aliphatic carbocycles. The largest absolute Gasteiger partial charge is 0.409 e. The van der Waals surface area contributed by atoms with Gasteiger partial charge in [-0.05, 0) is 44.4 Å². The monoisotopic (exact) mass is 451 g/mol. The summed E-state index contributed by atoms with van der Waals surface area (Å²) in [7, 11) is 1.75. The van der Waals surface area contributed by atoms with Gasteiger partial charge in [-0.15, -0.1) is 0 Å². The minimum absolute atomic E-state index is 0.0349. The number of carbonyl (C=O) groups excluding carboxylic acids is 1. The van der Waals surface area contributed by atoms with Crippen molar-refractivity contribution in [2.75, 3.05) is 24.2 Å². The molecule has 2 heterocycles. The molecule has 146 valence electrons. The van der Waals surface area contributed by atoms with Gasteiger partial charge in [-0.1, -0.05) is 5.16 Å². The molecule has 12 heteroatoms. The fourth-order valence-corrected chi connectivity index (χ4v) is 2.82. The van der Waals surface area contributed by atoms with Gasteiger partial charge in [0.05, 0.1) is 4.47 Å². The van der Waals surface area contributed by atoms with E-state index in [4.69, 9.17) is 4.63 Å². The Balaban J connectivity index is 1.65. The van der Waals surface area contributed by atoms with Crippen molar-refractivity contribution in [1.29, 1.82) is 0 Å². The first kappa shape index (κ1) is 19.4. The summed E-state index contributed by atoms with van der Waals surface area (Å²) in [6, 6.07) is 4.21. The van der Waals surface area contributed by atoms with Gasteiger partial charge in [0.1, 0.15) is 5.82 Å². The molecule has 1 aromatic heterocycles. The fourth-order valence-electron chi connectivity index (χ4n) is 2.44. The lowest BCUT2D eigenvalue weighted by Crippen LogP contribution is -2.19. The van der Waals surface area contributed by atoms with Crippen molar-refractivity contribution in [1.82, 2.24) is 20.5 Å². The number of benzene rings is 1. The molecule has 1 aliphatic heterocycles. The second kappa shape index (κ2) is 8.55. The third kappa shape index (κ3) is 4.13. The zero-order valence-corrected chi connectivity index (χ0v) is 16.1. The number of anilines is 2. The van der Waals surface area contributed by atoms with Crippen LogP contribution in [0.1, 0.15) is 12.1 Å². The number of oxime groups is 1. The van der Waals surface area contributed by atoms with Crippen LogP contribution in [0.5, 0.6) is 0 Å². The zero-order valence-electron chi connectivity index (χ0n) is 14.5. The second-order valence-electron chi connectivity index (χ2n) is 5.63. The van der Waals surface area contributed by atoms with Crippen molar-refractivity contribution in [2.24, 2.45) is 5.16 Å². The van der Waals surface area contributed by atoms with Gasteiger partial charge >= 0.3 is 0 Å². The Bertz CT molecular complexity index is 984. The summed E-state index contributed by atoms with van der Waals surface area (Å²) in [4.78, 5) is 12.4. The van der Waals surface area contributed by atoms with E-state index in [0.29, 0.717) is 24.5 Å². The SMILES string of the molecule is CN1C(=C=O)NC=C1CCNc1nonc1C(=NO)Nc1ccc(F)c(Br)c1. The van der Waals surface area contributed by atoms with Gasteiger partial charge in [0.25, 0.3) is 0 Å². The minimum atomic E-state index is -0.424. The summed E-state index contributed by atoms with van der Waals surface area (Å²) in [6.45, 7) is 0.437. The van der Waals surface area contributed by atoms with Crippen molar-refractivity contribution in [2.45, 2.75) is 6.42 Å². The van der Waals surface area contributed by atoms with Crippen LogP contribution >= 0.6 is 15.9 Å². The van der Waals surface area contributed by atoms with Crippen LogP contribution in [0.25, 0.3) is 0 Å². The van der Waals surface area contributed by atoms with Gasteiger partial charge in [-0.3, -0.25) is 0 Å². The maximum atomic E-state index is 13.4. The predicted molar refractivity (Wildman–Crippen MR) is 102 cm³/mol. The van der Waals surface area contributed by atoms with E-state index < -0.39 is 5.82 Å². The summed E-state index contributed by atoms with van der Waals surface area (Å²) in [6.07, 6.45) is 2.27. The van der Waals surface area contributed by atoms with Crippen molar-refractivity contribution in [3.05, 3.63) is 51.9 Å². The number of amidine groups is 1. The Morgan fingerprint density at radius 1 is 1.50 bits per heavy atom. The average molecular weight is 452 g/mol. The Hall–Kier alpha value is -3.37. The molecular formula is C16H15BrFN7O3. The van der Waals surface area contributed by atoms with Gasteiger partial charge in [0, 0.05) is 37.6 Å². The van der Waals surface area contributed by atoms with Gasteiger partial charge < -0.3 is 26.1 Å². The van der Waals surface area contributed by atoms with Crippen molar-refractivity contribution in [3.8, 4) is 0 Å². The molecule has 3 rings (SSSR count). The van der Waals surface area contributed by atoms with Crippen LogP contribution in [0.4, 0.5) is 15.9 Å². The van der Waals surface area contributed by atoms with Crippen LogP contribution < -0.4 is 16.0 Å². The highest BCUT2D eigenvalue weighted by molar-refractivity contribution is 9.10. The molecule has 0 atom stereocenters. The van der Waals surface area contributed by atoms with Gasteiger partial charge in [0.15, 0.2) is 17.5 Å². The third-order valence-corrected chi connectivity index (χ3v) is 4.51. The van der Waals surface area contributed by atoms with Crippen LogP contribution in [-0.2, 0) is 4.79 Å². The molecule has 2 aromatic rings. The standard InChI is InChI=1S/C16H15BrFN7O3/c1-25-10(7-20-13(25)8-26)4-5-19-15-14(23-28-24-15)16(22-27)21-9-2-3-12(18)11(17)6-9/h2-3,6-7,20,27H,4-5H2,1H3,(H,19,24)(H,21,22). The first-order valence-corrected chi connectivity index (χ1v) is 8.78. The lowest BCUT2D eigenvalue weighted by atomic mass is 10.3. The number of nitrogens with one attached hydrogen (secondary N) is 3. The van der Waals surface area contributed by atoms with Crippen molar-refractivity contribution < 1.29 is 19.0 Å². The zero-order chi connectivity index (χ0) is 20.1. The fraction of sp³-hybridized carbons (Fsp3) is 0.188. The second-order valence-corrected chi connectivity index (χ2v) is 6.48. The Morgan fingerprint density at radius 3 is 3.00 bits per heavy atom. The Labute approximate surface area is 166 Å². The molecule has 28 heavy (non-hydrogen) atoms. The number of halogens is 2. The lowest BCUT2D eigenvalue weighted by molar-refractivity contribution is 0.305. The summed E-state index contributed by atoms with van der Waals surface area (Å²) in [5.74, 6) is 1.93. The molecule has 0 saturated heterocycles. The summed E-state index contributed by atoms with van der Waals surface area (Å²) >= 11 is 3.09. The first-order chi connectivity index (χ1) is 13.5. The molecule has 4 N–H and O–H groups in total. The maximum Gasteiger partial charge on any atom is 0.203 e. The molecule has 0 fully saturated rings. The normalized spacial score (nSPS) is 13.8. The molecule has 10 nitrogen and oxygen atoms in total. The molecule has 0 unspecified atom stereocenters. The topological polar surface area (TPSA) is 128 Å². The highest BCUT2D eigenvalue weighted by atomic mass is 79.9. The van der Waals surface area contributed by atoms with Crippen LogP contribution in [0, 0.1) is 5.82 Å². The molecule has 0 amide bonds. The van der Waals surface area contributed by atoms with Gasteiger partial charge in [-0.2, -0.15) is 0 Å². The number of hydrogen-bond donors (Lipinski definition) is 4. The molecule has 0 radical (unpaired) electrons. The molecule has 0 bridgehead atoms. The van der Waals surface area contributed by atoms with Gasteiger partial charge in [-0.25, -0.2) is 13.8 Å². The van der Waals surface area contributed by atoms with Crippen LogP contribution in [0.15, 0.2) is 50.2 Å². The lowest BCUT2D eigenvalue weighted by Gasteiger charge is -2.14. The molecule has 0 spiro atoms. The van der Waals surface area contributed by atoms with E-state index in [-0.39, 0.29) is 21.8 Å². The van der Waals surface area contributed by atoms with E-state index in [1.807, 2.05) is 0 Å². The summed E-state index contributed by atoms with van der Waals surface area (Å²) < 4.78 is 18.3. The molecule has 0 saturated carbocycles. The average Bonchev–Trinajstić information content (AvgIpc) is 3.29. The quantitative estimate of drug-likeness (QED) is 0.171. The number of aromatic nitrogens is 2. The molecule has 1 aromatic carbocycles. The first-order valence-electron chi connectivity index (χ1n) is 7.98. The van der Waals surface area contributed by atoms with E-state index >= 15 is 0 Å². The van der Waals surface area contributed by atoms with E-state index in [2.05, 4.69) is 47.3 Å². The number of hydrogen-bond acceptors (Lipinski definition) is 9. The third-order valence-electron chi connectivity index (χ3n) is 3.91. The summed E-state index contributed by atoms with van der Waals surface area (Å²) in [5, 5.41) is 28.7. The Kier molecular flexibility index (Phi) is 5.92. The predicted octanol–water partition coefficient (Wildman–Crippen LogP) is 2.07. The van der Waals surface area contributed by atoms with Crippen molar-refractivity contribution in [3.63, 3.8) is 0 Å². The number of rotatable bonds is 6. The Morgan fingerprint density at radius 2 is 2.32 bits per heavy atom. The summed E-state index contributed by atoms with van der Waals surface area (Å²) in [5.41, 5.74) is 1.48. The van der Waals surface area contributed by atoms with Crippen LogP contribution in [-0.4, -0.2) is 45.8 Å². The maximum absolute atomic E-state index is 13.4. The van der Waals surface area contributed by atoms with Crippen LogP contribution in [0.2, 0.25) is 0 Å². The van der Waals surface area contributed by atoms with E-state index in [1.165, 1.54) is 18.2 Å². The highest BCUT2D eigenvalue weighted by Crippen LogP contribution is 2.22. The number of nitrogens with zero attached hydrogens (tertiary/aromatic N) is 4. The van der Waals surface area contributed by atoms with E-state index in [9.17, 15) is 14.4 Å². The molecule has 1 aliphatic rings. The van der Waals surface area contributed by atoms with Gasteiger partial charge in [0.2, 0.25) is 11.7 Å².